The fourth-order valence-corrected chi connectivity index (χ4v) is 1.62. The molecule has 1 aromatic heterocycles. The summed E-state index contributed by atoms with van der Waals surface area (Å²) in [6, 6.07) is 1.38. The van der Waals surface area contributed by atoms with Crippen LogP contribution < -0.4 is 5.73 Å². The van der Waals surface area contributed by atoms with E-state index in [0.29, 0.717) is 11.5 Å². The first kappa shape index (κ1) is 9.76. The van der Waals surface area contributed by atoms with E-state index in [9.17, 15) is 9.59 Å². The lowest BCUT2D eigenvalue weighted by atomic mass is 10.0. The molecular formula is C10H12N2O3. The Morgan fingerprint density at radius 2 is 2.20 bits per heavy atom. The van der Waals surface area contributed by atoms with Gasteiger partial charge >= 0.3 is 0 Å². The first-order chi connectivity index (χ1) is 7.08. The summed E-state index contributed by atoms with van der Waals surface area (Å²) in [5.41, 5.74) is 5.40. The highest BCUT2D eigenvalue weighted by atomic mass is 16.3. The monoisotopic (exact) mass is 208 g/mol. The number of carbonyl (C=O) groups excluding carboxylic acids is 2. The number of hydrogen-bond donors (Lipinski definition) is 1. The minimum atomic E-state index is -0.661. The summed E-state index contributed by atoms with van der Waals surface area (Å²) >= 11 is 0. The molecule has 0 bridgehead atoms. The van der Waals surface area contributed by atoms with E-state index >= 15 is 0 Å². The summed E-state index contributed by atoms with van der Waals surface area (Å²) in [4.78, 5) is 24.2. The summed E-state index contributed by atoms with van der Waals surface area (Å²) in [6.07, 6.45) is 1.27. The van der Waals surface area contributed by atoms with Gasteiger partial charge in [0.15, 0.2) is 5.76 Å². The van der Waals surface area contributed by atoms with Crippen LogP contribution in [0.25, 0.3) is 0 Å². The van der Waals surface area contributed by atoms with Crippen molar-refractivity contribution in [3.8, 4) is 0 Å². The van der Waals surface area contributed by atoms with Gasteiger partial charge < -0.3 is 15.1 Å². The van der Waals surface area contributed by atoms with Crippen molar-refractivity contribution in [2.24, 2.45) is 11.7 Å². The number of rotatable bonds is 2. The summed E-state index contributed by atoms with van der Waals surface area (Å²) in [6.45, 7) is 3.60. The molecule has 0 unspecified atom stereocenters. The number of nitrogens with zero attached hydrogens (tertiary/aromatic N) is 1. The smallest absolute Gasteiger partial charge is 0.284 e. The Morgan fingerprint density at radius 1 is 1.53 bits per heavy atom. The third-order valence-electron chi connectivity index (χ3n) is 2.44. The second-order valence-electron chi connectivity index (χ2n) is 3.88. The van der Waals surface area contributed by atoms with Gasteiger partial charge in [-0.3, -0.25) is 9.59 Å². The minimum Gasteiger partial charge on any atom is -0.458 e. The number of nitrogens with two attached hydrogens (primary N) is 1. The zero-order valence-corrected chi connectivity index (χ0v) is 8.40. The zero-order chi connectivity index (χ0) is 11.0. The molecule has 1 aliphatic heterocycles. The molecular weight excluding hydrogens is 196 g/mol. The lowest BCUT2D eigenvalue weighted by Crippen LogP contribution is -2.48. The molecule has 0 aliphatic carbocycles. The largest absolute Gasteiger partial charge is 0.458 e. The SMILES string of the molecule is CC1CN(C(=O)c2coc(C(N)=O)c2)C1. The Morgan fingerprint density at radius 3 is 2.67 bits per heavy atom. The molecule has 2 amide bonds. The minimum absolute atomic E-state index is 0.0203. The van der Waals surface area contributed by atoms with Crippen molar-refractivity contribution >= 4 is 11.8 Å². The first-order valence-electron chi connectivity index (χ1n) is 4.75. The highest BCUT2D eigenvalue weighted by Gasteiger charge is 2.28. The van der Waals surface area contributed by atoms with Crippen LogP contribution in [0.1, 0.15) is 27.8 Å². The van der Waals surface area contributed by atoms with Gasteiger partial charge in [-0.15, -0.1) is 0 Å². The molecule has 2 heterocycles. The van der Waals surface area contributed by atoms with E-state index in [0.717, 1.165) is 13.1 Å². The van der Waals surface area contributed by atoms with E-state index in [2.05, 4.69) is 6.92 Å². The highest BCUT2D eigenvalue weighted by molar-refractivity contribution is 5.98. The van der Waals surface area contributed by atoms with Crippen LogP contribution in [0.4, 0.5) is 0 Å². The van der Waals surface area contributed by atoms with Crippen molar-refractivity contribution in [3.63, 3.8) is 0 Å². The number of likely N-dealkylation sites (tertiary alicyclic amines) is 1. The number of primary amides is 1. The first-order valence-corrected chi connectivity index (χ1v) is 4.75. The van der Waals surface area contributed by atoms with E-state index in [1.54, 1.807) is 4.90 Å². The molecule has 5 heteroatoms. The molecule has 1 aromatic rings. The van der Waals surface area contributed by atoms with Crippen LogP contribution >= 0.6 is 0 Å². The van der Waals surface area contributed by atoms with Gasteiger partial charge in [-0.2, -0.15) is 0 Å². The number of furan rings is 1. The van der Waals surface area contributed by atoms with Gasteiger partial charge in [-0.05, 0) is 5.92 Å². The van der Waals surface area contributed by atoms with Crippen LogP contribution in [0, 0.1) is 5.92 Å². The van der Waals surface area contributed by atoms with Crippen molar-refractivity contribution < 1.29 is 14.0 Å². The molecule has 0 saturated carbocycles. The Labute approximate surface area is 86.8 Å². The Bertz CT molecular complexity index is 405. The molecule has 1 fully saturated rings. The lowest BCUT2D eigenvalue weighted by Gasteiger charge is -2.36. The second kappa shape index (κ2) is 3.42. The van der Waals surface area contributed by atoms with Crippen molar-refractivity contribution in [2.75, 3.05) is 13.1 Å². The van der Waals surface area contributed by atoms with E-state index in [4.69, 9.17) is 10.2 Å². The van der Waals surface area contributed by atoms with Crippen LogP contribution in [0.15, 0.2) is 16.7 Å². The summed E-state index contributed by atoms with van der Waals surface area (Å²) < 4.78 is 4.87. The molecule has 2 N–H and O–H groups in total. The maximum Gasteiger partial charge on any atom is 0.284 e. The molecule has 0 atom stereocenters. The number of hydrogen-bond acceptors (Lipinski definition) is 3. The van der Waals surface area contributed by atoms with Crippen molar-refractivity contribution in [2.45, 2.75) is 6.92 Å². The average molecular weight is 208 g/mol. The molecule has 0 aromatic carbocycles. The third kappa shape index (κ3) is 1.72. The predicted molar refractivity (Wildman–Crippen MR) is 52.3 cm³/mol. The molecule has 15 heavy (non-hydrogen) atoms. The molecule has 1 saturated heterocycles. The van der Waals surface area contributed by atoms with Gasteiger partial charge in [-0.25, -0.2) is 0 Å². The average Bonchev–Trinajstić information content (AvgIpc) is 2.60. The van der Waals surface area contributed by atoms with Gasteiger partial charge in [0.2, 0.25) is 0 Å². The van der Waals surface area contributed by atoms with Crippen molar-refractivity contribution in [1.82, 2.24) is 4.90 Å². The summed E-state index contributed by atoms with van der Waals surface area (Å²) in [7, 11) is 0. The fraction of sp³-hybridized carbons (Fsp3) is 0.400. The Hall–Kier alpha value is -1.78. The van der Waals surface area contributed by atoms with E-state index in [1.165, 1.54) is 12.3 Å². The van der Waals surface area contributed by atoms with Crippen LogP contribution in [-0.4, -0.2) is 29.8 Å². The van der Waals surface area contributed by atoms with Gasteiger partial charge in [0.05, 0.1) is 5.56 Å². The van der Waals surface area contributed by atoms with Gasteiger partial charge in [0, 0.05) is 19.2 Å². The fourth-order valence-electron chi connectivity index (χ4n) is 1.62. The van der Waals surface area contributed by atoms with Gasteiger partial charge in [-0.1, -0.05) is 6.92 Å². The topological polar surface area (TPSA) is 76.5 Å². The molecule has 80 valence electrons. The van der Waals surface area contributed by atoms with Crippen LogP contribution in [0.5, 0.6) is 0 Å². The van der Waals surface area contributed by atoms with Gasteiger partial charge in [0.25, 0.3) is 11.8 Å². The predicted octanol–water partition coefficient (Wildman–Crippen LogP) is 0.470. The van der Waals surface area contributed by atoms with Crippen LogP contribution in [0.2, 0.25) is 0 Å². The Balaban J connectivity index is 2.09. The van der Waals surface area contributed by atoms with E-state index in [-0.39, 0.29) is 11.7 Å². The van der Waals surface area contributed by atoms with E-state index < -0.39 is 5.91 Å². The Kier molecular flexibility index (Phi) is 2.22. The molecule has 2 rings (SSSR count). The normalized spacial score (nSPS) is 16.2. The summed E-state index contributed by atoms with van der Waals surface area (Å²) in [5.74, 6) is -0.196. The van der Waals surface area contributed by atoms with Crippen LogP contribution in [-0.2, 0) is 0 Å². The standard InChI is InChI=1S/C10H12N2O3/c1-6-3-12(4-6)10(14)7-2-8(9(11)13)15-5-7/h2,5-6H,3-4H2,1H3,(H2,11,13). The van der Waals surface area contributed by atoms with Crippen molar-refractivity contribution in [1.29, 1.82) is 0 Å². The van der Waals surface area contributed by atoms with Crippen LogP contribution in [0.3, 0.4) is 0 Å². The molecule has 0 radical (unpaired) electrons. The van der Waals surface area contributed by atoms with Gasteiger partial charge in [0.1, 0.15) is 6.26 Å². The number of carbonyl (C=O) groups is 2. The molecule has 0 spiro atoms. The second-order valence-corrected chi connectivity index (χ2v) is 3.88. The molecule has 1 aliphatic rings. The zero-order valence-electron chi connectivity index (χ0n) is 8.40. The highest BCUT2D eigenvalue weighted by Crippen LogP contribution is 2.18. The summed E-state index contributed by atoms with van der Waals surface area (Å²) in [5, 5.41) is 0. The quantitative estimate of drug-likeness (QED) is 0.767. The van der Waals surface area contributed by atoms with Crippen molar-refractivity contribution in [3.05, 3.63) is 23.7 Å². The lowest BCUT2D eigenvalue weighted by molar-refractivity contribution is 0.0529. The maximum absolute atomic E-state index is 11.7. The number of amides is 2. The maximum atomic E-state index is 11.7. The molecule has 5 nitrogen and oxygen atoms in total. The van der Waals surface area contributed by atoms with E-state index in [1.807, 2.05) is 0 Å². The third-order valence-corrected chi connectivity index (χ3v) is 2.44.